The van der Waals surface area contributed by atoms with E-state index >= 15 is 0 Å². The molecule has 17 heavy (non-hydrogen) atoms. The highest BCUT2D eigenvalue weighted by molar-refractivity contribution is 6.56. The molecular weight excluding hydrogens is 263 g/mol. The van der Waals surface area contributed by atoms with Gasteiger partial charge in [-0.05, 0) is 41.3 Å². The van der Waals surface area contributed by atoms with Gasteiger partial charge in [0, 0.05) is 0 Å². The van der Waals surface area contributed by atoms with Gasteiger partial charge in [-0.2, -0.15) is 0 Å². The zero-order chi connectivity index (χ0) is 12.9. The Balaban J connectivity index is 2.58. The molecule has 0 N–H and O–H groups in total. The number of halogens is 2. The predicted octanol–water partition coefficient (Wildman–Crippen LogP) is 3.40. The van der Waals surface area contributed by atoms with Gasteiger partial charge >= 0.3 is 10.5 Å². The van der Waals surface area contributed by atoms with Gasteiger partial charge in [-0.15, -0.1) is 0 Å². The van der Waals surface area contributed by atoms with Crippen LogP contribution in [0.15, 0.2) is 30.3 Å². The Morgan fingerprint density at radius 1 is 1.29 bits per heavy atom. The van der Waals surface area contributed by atoms with Gasteiger partial charge in [0.15, 0.2) is 0 Å². The van der Waals surface area contributed by atoms with E-state index in [0.29, 0.717) is 5.75 Å². The van der Waals surface area contributed by atoms with E-state index in [2.05, 4.69) is 0 Å². The molecule has 0 aliphatic rings. The molecule has 0 aromatic heterocycles. The van der Waals surface area contributed by atoms with Gasteiger partial charge in [0.2, 0.25) is 0 Å². The van der Waals surface area contributed by atoms with Crippen LogP contribution in [0.25, 0.3) is 0 Å². The Labute approximate surface area is 111 Å². The van der Waals surface area contributed by atoms with Crippen molar-refractivity contribution in [1.29, 1.82) is 0 Å². The van der Waals surface area contributed by atoms with Crippen molar-refractivity contribution in [2.75, 3.05) is 6.61 Å². The van der Waals surface area contributed by atoms with Crippen LogP contribution in [0, 0.1) is 5.92 Å². The summed E-state index contributed by atoms with van der Waals surface area (Å²) >= 11 is 11.5. The molecule has 5 heteroatoms. The number of esters is 1. The van der Waals surface area contributed by atoms with Crippen molar-refractivity contribution in [3.8, 4) is 5.75 Å². The van der Waals surface area contributed by atoms with E-state index in [9.17, 15) is 4.79 Å². The molecule has 0 heterocycles. The third kappa shape index (κ3) is 4.84. The minimum absolute atomic E-state index is 0.208. The summed E-state index contributed by atoms with van der Waals surface area (Å²) in [5.74, 6) is -0.197. The first-order valence-electron chi connectivity index (χ1n) is 5.21. The normalized spacial score (nSPS) is 11.4. The molecule has 0 saturated heterocycles. The fourth-order valence-electron chi connectivity index (χ4n) is 1.00. The molecule has 0 amide bonds. The maximum atomic E-state index is 11.6. The zero-order valence-electron chi connectivity index (χ0n) is 9.65. The average molecular weight is 277 g/mol. The molecule has 0 atom stereocenters. The molecule has 3 nitrogen and oxygen atoms in total. The molecule has 0 aliphatic carbocycles. The third-order valence-corrected chi connectivity index (χ3v) is 2.24. The number of para-hydroxylation sites is 1. The number of ether oxygens (including phenoxy) is 2. The van der Waals surface area contributed by atoms with Gasteiger partial charge in [0.05, 0.1) is 6.61 Å². The molecule has 0 spiro atoms. The Morgan fingerprint density at radius 3 is 2.41 bits per heavy atom. The third-order valence-electron chi connectivity index (χ3n) is 1.77. The molecule has 0 saturated carbocycles. The first kappa shape index (κ1) is 14.1. The van der Waals surface area contributed by atoms with Crippen molar-refractivity contribution in [2.45, 2.75) is 18.4 Å². The van der Waals surface area contributed by atoms with Crippen LogP contribution < -0.4 is 4.74 Å². The van der Waals surface area contributed by atoms with Gasteiger partial charge in [0.25, 0.3) is 0 Å². The largest absolute Gasteiger partial charge is 0.460 e. The smallest absolute Gasteiger partial charge is 0.383 e. The number of alkyl halides is 2. The first-order chi connectivity index (χ1) is 7.92. The summed E-state index contributed by atoms with van der Waals surface area (Å²) < 4.78 is 8.05. The van der Waals surface area contributed by atoms with Crippen LogP contribution in [0.5, 0.6) is 5.75 Å². The van der Waals surface area contributed by atoms with Crippen molar-refractivity contribution < 1.29 is 14.3 Å². The lowest BCUT2D eigenvalue weighted by molar-refractivity contribution is -0.151. The first-order valence-corrected chi connectivity index (χ1v) is 5.96. The highest BCUT2D eigenvalue weighted by Crippen LogP contribution is 2.27. The minimum atomic E-state index is -2.02. The quantitative estimate of drug-likeness (QED) is 0.611. The van der Waals surface area contributed by atoms with Crippen LogP contribution in [0.4, 0.5) is 0 Å². The van der Waals surface area contributed by atoms with Crippen molar-refractivity contribution in [3.05, 3.63) is 30.3 Å². The second-order valence-electron chi connectivity index (χ2n) is 3.92. The van der Waals surface area contributed by atoms with Crippen LogP contribution in [0.3, 0.4) is 0 Å². The number of rotatable bonds is 5. The lowest BCUT2D eigenvalue weighted by Gasteiger charge is -2.20. The Hall–Kier alpha value is -0.930. The fraction of sp³-hybridized carbons (Fsp3) is 0.417. The standard InChI is InChI=1S/C12H14Cl2O3/c1-9(2)8-16-11(15)12(13,14)17-10-6-4-3-5-7-10/h3-7,9H,8H2,1-2H3. The molecule has 0 unspecified atom stereocenters. The summed E-state index contributed by atoms with van der Waals surface area (Å²) in [4.78, 5) is 11.6. The molecule has 0 fully saturated rings. The van der Waals surface area contributed by atoms with Crippen molar-refractivity contribution in [2.24, 2.45) is 5.92 Å². The predicted molar refractivity (Wildman–Crippen MR) is 67.3 cm³/mol. The Kier molecular flexibility index (Phi) is 5.09. The highest BCUT2D eigenvalue weighted by atomic mass is 35.5. The van der Waals surface area contributed by atoms with E-state index in [1.807, 2.05) is 19.9 Å². The summed E-state index contributed by atoms with van der Waals surface area (Å²) in [6.45, 7) is 4.07. The minimum Gasteiger partial charge on any atom is -0.460 e. The maximum absolute atomic E-state index is 11.6. The molecule has 94 valence electrons. The van der Waals surface area contributed by atoms with E-state index in [1.165, 1.54) is 0 Å². The summed E-state index contributed by atoms with van der Waals surface area (Å²) in [6, 6.07) is 8.61. The monoisotopic (exact) mass is 276 g/mol. The van der Waals surface area contributed by atoms with Gasteiger partial charge in [-0.1, -0.05) is 32.0 Å². The fourth-order valence-corrected chi connectivity index (χ4v) is 1.29. The SMILES string of the molecule is CC(C)COC(=O)C(Cl)(Cl)Oc1ccccc1. The number of benzene rings is 1. The van der Waals surface area contributed by atoms with E-state index in [-0.39, 0.29) is 12.5 Å². The average Bonchev–Trinajstić information content (AvgIpc) is 2.26. The number of hydrogen-bond donors (Lipinski definition) is 0. The number of carbonyl (C=O) groups excluding carboxylic acids is 1. The van der Waals surface area contributed by atoms with Crippen molar-refractivity contribution in [3.63, 3.8) is 0 Å². The second kappa shape index (κ2) is 6.12. The Morgan fingerprint density at radius 2 is 1.88 bits per heavy atom. The van der Waals surface area contributed by atoms with Crippen LogP contribution >= 0.6 is 23.2 Å². The van der Waals surface area contributed by atoms with E-state index < -0.39 is 10.5 Å². The van der Waals surface area contributed by atoms with Crippen molar-refractivity contribution >= 4 is 29.2 Å². The summed E-state index contributed by atoms with van der Waals surface area (Å²) in [7, 11) is 0. The van der Waals surface area contributed by atoms with Crippen molar-refractivity contribution in [1.82, 2.24) is 0 Å². The van der Waals surface area contributed by atoms with E-state index in [1.54, 1.807) is 24.3 Å². The second-order valence-corrected chi connectivity index (χ2v) is 5.18. The molecule has 1 aromatic carbocycles. The van der Waals surface area contributed by atoms with Gasteiger partial charge in [0.1, 0.15) is 5.75 Å². The molecule has 0 bridgehead atoms. The molecule has 1 aromatic rings. The van der Waals surface area contributed by atoms with Crippen LogP contribution in [-0.2, 0) is 9.53 Å². The molecular formula is C12H14Cl2O3. The topological polar surface area (TPSA) is 35.5 Å². The zero-order valence-corrected chi connectivity index (χ0v) is 11.2. The molecule has 1 rings (SSSR count). The van der Waals surface area contributed by atoms with Crippen LogP contribution in [0.1, 0.15) is 13.8 Å². The van der Waals surface area contributed by atoms with E-state index in [0.717, 1.165) is 0 Å². The van der Waals surface area contributed by atoms with Crippen LogP contribution in [0.2, 0.25) is 0 Å². The van der Waals surface area contributed by atoms with Gasteiger partial charge in [-0.25, -0.2) is 4.79 Å². The van der Waals surface area contributed by atoms with Crippen LogP contribution in [-0.4, -0.2) is 17.1 Å². The lowest BCUT2D eigenvalue weighted by Crippen LogP contribution is -2.35. The summed E-state index contributed by atoms with van der Waals surface area (Å²) in [5.41, 5.74) is 0. The van der Waals surface area contributed by atoms with Gasteiger partial charge < -0.3 is 9.47 Å². The summed E-state index contributed by atoms with van der Waals surface area (Å²) in [5, 5.41) is 0. The number of hydrogen-bond acceptors (Lipinski definition) is 3. The maximum Gasteiger partial charge on any atom is 0.383 e. The highest BCUT2D eigenvalue weighted by Gasteiger charge is 2.38. The summed E-state index contributed by atoms with van der Waals surface area (Å²) in [6.07, 6.45) is 0. The Bertz CT molecular complexity index is 363. The molecule has 0 radical (unpaired) electrons. The number of carbonyl (C=O) groups is 1. The lowest BCUT2D eigenvalue weighted by atomic mass is 10.2. The molecule has 0 aliphatic heterocycles. The van der Waals surface area contributed by atoms with Gasteiger partial charge in [-0.3, -0.25) is 0 Å². The van der Waals surface area contributed by atoms with E-state index in [4.69, 9.17) is 32.7 Å².